The van der Waals surface area contributed by atoms with Crippen LogP contribution in [0.4, 0.5) is 0 Å². The van der Waals surface area contributed by atoms with Crippen molar-refractivity contribution in [3.63, 3.8) is 0 Å². The lowest BCUT2D eigenvalue weighted by Gasteiger charge is -2.25. The van der Waals surface area contributed by atoms with Gasteiger partial charge in [0.2, 0.25) is 0 Å². The molecule has 0 saturated carbocycles. The molecule has 2 heteroatoms. The van der Waals surface area contributed by atoms with E-state index < -0.39 is 0 Å². The summed E-state index contributed by atoms with van der Waals surface area (Å²) in [6.45, 7) is 2.29. The monoisotopic (exact) mass is 577 g/mol. The number of pyridine rings is 1. The minimum atomic E-state index is 1.15. The third-order valence-electron chi connectivity index (χ3n) is 9.15. The van der Waals surface area contributed by atoms with Crippen LogP contribution in [0.25, 0.3) is 76.8 Å². The highest BCUT2D eigenvalue weighted by atomic mass is 32.2. The zero-order valence-corrected chi connectivity index (χ0v) is 25.0. The first-order valence-corrected chi connectivity index (χ1v) is 15.8. The topological polar surface area (TPSA) is 12.9 Å². The molecular weight excluding hydrogens is 551 g/mol. The summed E-state index contributed by atoms with van der Waals surface area (Å²) in [5, 5.41) is 7.88. The molecule has 0 atom stereocenters. The third kappa shape index (κ3) is 3.92. The normalized spacial score (nSPS) is 12.1. The molecule has 0 spiro atoms. The van der Waals surface area contributed by atoms with Crippen molar-refractivity contribution >= 4 is 44.1 Å². The summed E-state index contributed by atoms with van der Waals surface area (Å²) in [5.41, 5.74) is 11.4. The smallest absolute Gasteiger partial charge is 0.0346 e. The van der Waals surface area contributed by atoms with Crippen LogP contribution >= 0.6 is 11.8 Å². The van der Waals surface area contributed by atoms with Crippen molar-refractivity contribution in [3.05, 3.63) is 151 Å². The lowest BCUT2D eigenvalue weighted by Crippen LogP contribution is -1.98. The van der Waals surface area contributed by atoms with Gasteiger partial charge >= 0.3 is 0 Å². The van der Waals surface area contributed by atoms with E-state index in [1.54, 1.807) is 0 Å². The summed E-state index contributed by atoms with van der Waals surface area (Å²) in [6.07, 6.45) is 3.77. The number of nitrogens with zero attached hydrogens (tertiary/aromatic N) is 1. The predicted molar refractivity (Wildman–Crippen MR) is 187 cm³/mol. The molecule has 0 aliphatic carbocycles. The number of benzene rings is 7. The van der Waals surface area contributed by atoms with Crippen molar-refractivity contribution in [2.75, 3.05) is 0 Å². The average molecular weight is 578 g/mol. The molecule has 1 aromatic heterocycles. The number of hydrogen-bond acceptors (Lipinski definition) is 2. The second kappa shape index (κ2) is 9.94. The highest BCUT2D eigenvalue weighted by Crippen LogP contribution is 2.52. The van der Waals surface area contributed by atoms with Gasteiger partial charge in [0.15, 0.2) is 0 Å². The zero-order chi connectivity index (χ0) is 29.2. The van der Waals surface area contributed by atoms with Gasteiger partial charge in [-0.25, -0.2) is 0 Å². The van der Waals surface area contributed by atoms with Crippen LogP contribution in [-0.2, 0) is 0 Å². The van der Waals surface area contributed by atoms with Gasteiger partial charge in [0.05, 0.1) is 0 Å². The fourth-order valence-electron chi connectivity index (χ4n) is 7.00. The van der Waals surface area contributed by atoms with E-state index in [-0.39, 0.29) is 0 Å². The first-order chi connectivity index (χ1) is 21.7. The van der Waals surface area contributed by atoms with Gasteiger partial charge in [-0.05, 0) is 103 Å². The summed E-state index contributed by atoms with van der Waals surface area (Å²) in [7, 11) is 0. The van der Waals surface area contributed by atoms with E-state index in [0.717, 1.165) is 5.56 Å². The first-order valence-electron chi connectivity index (χ1n) is 15.0. The number of rotatable bonds is 3. The van der Waals surface area contributed by atoms with E-state index in [4.69, 9.17) is 0 Å². The van der Waals surface area contributed by atoms with Crippen LogP contribution in [0, 0.1) is 6.92 Å². The first kappa shape index (κ1) is 25.3. The Morgan fingerprint density at radius 2 is 1.23 bits per heavy atom. The Morgan fingerprint density at radius 1 is 0.477 bits per heavy atom. The molecule has 9 rings (SSSR count). The van der Waals surface area contributed by atoms with Crippen molar-refractivity contribution < 1.29 is 0 Å². The van der Waals surface area contributed by atoms with Crippen LogP contribution in [0.5, 0.6) is 0 Å². The molecule has 0 amide bonds. The lowest BCUT2D eigenvalue weighted by atomic mass is 9.86. The lowest BCUT2D eigenvalue weighted by molar-refractivity contribution is 1.32. The average Bonchev–Trinajstić information content (AvgIpc) is 3.09. The second-order valence-corrected chi connectivity index (χ2v) is 12.7. The molecule has 2 heterocycles. The maximum atomic E-state index is 4.34. The van der Waals surface area contributed by atoms with Crippen molar-refractivity contribution in [2.24, 2.45) is 0 Å². The van der Waals surface area contributed by atoms with Gasteiger partial charge < -0.3 is 0 Å². The van der Waals surface area contributed by atoms with Gasteiger partial charge in [-0.2, -0.15) is 0 Å². The van der Waals surface area contributed by atoms with Crippen LogP contribution in [0.2, 0.25) is 0 Å². The largest absolute Gasteiger partial charge is 0.264 e. The summed E-state index contributed by atoms with van der Waals surface area (Å²) in [4.78, 5) is 6.96. The number of hydrogen-bond donors (Lipinski definition) is 0. The molecular formula is C42H27NS. The molecule has 0 N–H and O–H groups in total. The number of fused-ring (bicyclic) bond motifs is 5. The molecule has 0 radical (unpaired) electrons. The van der Waals surface area contributed by atoms with Gasteiger partial charge in [0, 0.05) is 33.1 Å². The van der Waals surface area contributed by atoms with Crippen LogP contribution in [-0.4, -0.2) is 4.98 Å². The van der Waals surface area contributed by atoms with E-state index in [1.165, 1.54) is 86.6 Å². The Kier molecular flexibility index (Phi) is 5.72. The third-order valence-corrected chi connectivity index (χ3v) is 10.3. The fraction of sp³-hybridized carbons (Fsp3) is 0.0238. The van der Waals surface area contributed by atoms with Gasteiger partial charge in [0.1, 0.15) is 0 Å². The summed E-state index contributed by atoms with van der Waals surface area (Å²) >= 11 is 1.88. The van der Waals surface area contributed by atoms with Crippen LogP contribution < -0.4 is 0 Å². The molecule has 1 aliphatic heterocycles. The molecule has 0 fully saturated rings. The zero-order valence-electron chi connectivity index (χ0n) is 24.2. The van der Waals surface area contributed by atoms with Gasteiger partial charge in [-0.1, -0.05) is 121 Å². The highest BCUT2D eigenvalue weighted by molar-refractivity contribution is 7.99. The predicted octanol–water partition coefficient (Wildman–Crippen LogP) is 12.0. The molecule has 8 aromatic rings. The molecule has 206 valence electrons. The van der Waals surface area contributed by atoms with E-state index in [9.17, 15) is 0 Å². The second-order valence-electron chi connectivity index (χ2n) is 11.6. The van der Waals surface area contributed by atoms with Gasteiger partial charge in [-0.3, -0.25) is 4.98 Å². The SMILES string of the molecule is Cc1c2c3c(cccc3c3cc(-c4ccc(-c5cccc6ccccc56)cc4)ccc13)Sc1cc(-c3cccnc3)ccc1-2. The van der Waals surface area contributed by atoms with Crippen LogP contribution in [0.3, 0.4) is 0 Å². The van der Waals surface area contributed by atoms with E-state index in [1.807, 2.05) is 30.2 Å². The highest BCUT2D eigenvalue weighted by Gasteiger charge is 2.24. The Morgan fingerprint density at radius 3 is 2.11 bits per heavy atom. The van der Waals surface area contributed by atoms with Crippen molar-refractivity contribution in [1.29, 1.82) is 0 Å². The van der Waals surface area contributed by atoms with Crippen molar-refractivity contribution in [2.45, 2.75) is 16.7 Å². The standard InChI is InChI=1S/C42H27NS/c1-26-33-20-18-30(27-14-16-29(17-15-27)35-11-4-8-28-7-2-3-10-34(28)35)23-38(33)36-12-5-13-39-42(36)41(26)37-21-19-31(24-40(37)44-39)32-9-6-22-43-25-32/h2-25H,1H3. The Labute approximate surface area is 260 Å². The van der Waals surface area contributed by atoms with Crippen molar-refractivity contribution in [1.82, 2.24) is 4.98 Å². The van der Waals surface area contributed by atoms with Gasteiger partial charge in [0.25, 0.3) is 0 Å². The van der Waals surface area contributed by atoms with E-state index in [2.05, 4.69) is 139 Å². The summed E-state index contributed by atoms with van der Waals surface area (Å²) in [5.74, 6) is 0. The van der Waals surface area contributed by atoms with Crippen molar-refractivity contribution in [3.8, 4) is 44.5 Å². The maximum Gasteiger partial charge on any atom is 0.0346 e. The number of aromatic nitrogens is 1. The molecule has 1 nitrogen and oxygen atoms in total. The quantitative estimate of drug-likeness (QED) is 0.194. The van der Waals surface area contributed by atoms with E-state index in [0.29, 0.717) is 0 Å². The molecule has 44 heavy (non-hydrogen) atoms. The summed E-state index contributed by atoms with van der Waals surface area (Å²) in [6, 6.07) is 49.0. The Balaban J connectivity index is 1.17. The molecule has 0 unspecified atom stereocenters. The van der Waals surface area contributed by atoms with Crippen LogP contribution in [0.15, 0.2) is 156 Å². The Hall–Kier alpha value is -5.18. The maximum absolute atomic E-state index is 4.34. The minimum Gasteiger partial charge on any atom is -0.264 e. The molecule has 0 bridgehead atoms. The van der Waals surface area contributed by atoms with Crippen LogP contribution in [0.1, 0.15) is 5.56 Å². The van der Waals surface area contributed by atoms with Gasteiger partial charge in [-0.15, -0.1) is 0 Å². The molecule has 7 aromatic carbocycles. The minimum absolute atomic E-state index is 1.15. The Bertz CT molecular complexity index is 2400. The fourth-order valence-corrected chi connectivity index (χ4v) is 8.16. The molecule has 0 saturated heterocycles. The summed E-state index contributed by atoms with van der Waals surface area (Å²) < 4.78 is 0. The van der Waals surface area contributed by atoms with E-state index >= 15 is 0 Å². The number of aryl methyl sites for hydroxylation is 1. The molecule has 1 aliphatic rings.